The molecule has 1 aliphatic heterocycles. The van der Waals surface area contributed by atoms with Gasteiger partial charge in [-0.05, 0) is 145 Å². The van der Waals surface area contributed by atoms with Gasteiger partial charge in [-0.25, -0.2) is 0 Å². The second-order valence-electron chi connectivity index (χ2n) is 19.9. The lowest BCUT2D eigenvalue weighted by Crippen LogP contribution is -2.41. The van der Waals surface area contributed by atoms with E-state index in [-0.39, 0.29) is 10.8 Å². The molecule has 1 nitrogen and oxygen atoms in total. The lowest BCUT2D eigenvalue weighted by Gasteiger charge is -2.44. The van der Waals surface area contributed by atoms with E-state index in [0.717, 1.165) is 12.8 Å². The summed E-state index contributed by atoms with van der Waals surface area (Å²) in [6.45, 7) is 12.1. The summed E-state index contributed by atoms with van der Waals surface area (Å²) in [7, 11) is 2.48. The van der Waals surface area contributed by atoms with Crippen LogP contribution in [-0.2, 0) is 17.3 Å². The Balaban J connectivity index is 1.17. The van der Waals surface area contributed by atoms with Crippen molar-refractivity contribution in [3.05, 3.63) is 234 Å². The van der Waals surface area contributed by atoms with Crippen molar-refractivity contribution in [3.8, 4) is 55.6 Å². The van der Waals surface area contributed by atoms with Crippen molar-refractivity contribution in [1.29, 1.82) is 0 Å². The maximum Gasteiger partial charge on any atom is 0.197 e. The van der Waals surface area contributed by atoms with E-state index < -0.39 is 0 Å². The van der Waals surface area contributed by atoms with Crippen LogP contribution in [0.5, 0.6) is 0 Å². The summed E-state index contributed by atoms with van der Waals surface area (Å²) in [5.74, 6) is 0. The summed E-state index contributed by atoms with van der Waals surface area (Å²) >= 11 is 0. The fraction of sp³-hybridized carbons (Fsp3) is 0.156. The SMILES string of the molecule is Cc1cc2c(cc1N1c3ccc(-c4ccccc4)cc3[B]c3c(-c4ccc(-c5ccccc5)cc4Cc4cccc(-c5ccccc5)c4)cc(-c4ccccc4)cc31)C(C)(C)CCC2(C)C. The Morgan fingerprint density at radius 3 is 1.53 bits per heavy atom. The molecule has 0 spiro atoms. The first kappa shape index (κ1) is 41.5. The molecule has 0 bridgehead atoms. The molecule has 0 unspecified atom stereocenters. The second-order valence-corrected chi connectivity index (χ2v) is 19.9. The smallest absolute Gasteiger partial charge is 0.197 e. The number of aryl methyl sites for hydroxylation is 1. The minimum atomic E-state index is 0.0578. The molecule has 11 rings (SSSR count). The Labute approximate surface area is 392 Å². The van der Waals surface area contributed by atoms with E-state index in [9.17, 15) is 0 Å². The van der Waals surface area contributed by atoms with Gasteiger partial charge in [-0.3, -0.25) is 0 Å². The Kier molecular flexibility index (Phi) is 10.5. The van der Waals surface area contributed by atoms with E-state index in [1.165, 1.54) is 118 Å². The van der Waals surface area contributed by atoms with Crippen LogP contribution in [0, 0.1) is 6.92 Å². The molecule has 0 N–H and O–H groups in total. The molecule has 0 atom stereocenters. The molecule has 1 aliphatic carbocycles. The van der Waals surface area contributed by atoms with Crippen LogP contribution in [0.4, 0.5) is 17.1 Å². The van der Waals surface area contributed by atoms with Crippen molar-refractivity contribution in [2.75, 3.05) is 4.90 Å². The molecule has 66 heavy (non-hydrogen) atoms. The monoisotopic (exact) mass is 848 g/mol. The van der Waals surface area contributed by atoms with Crippen LogP contribution >= 0.6 is 0 Å². The van der Waals surface area contributed by atoms with Crippen LogP contribution in [-0.4, -0.2) is 7.28 Å². The molecule has 0 aromatic heterocycles. The van der Waals surface area contributed by atoms with Crippen LogP contribution in [0.15, 0.2) is 206 Å². The Bertz CT molecular complexity index is 3240. The molecule has 2 heteroatoms. The minimum Gasteiger partial charge on any atom is -0.311 e. The first-order valence-electron chi connectivity index (χ1n) is 23.7. The molecule has 9 aromatic rings. The van der Waals surface area contributed by atoms with E-state index in [4.69, 9.17) is 0 Å². The number of hydrogen-bond acceptors (Lipinski definition) is 1. The lowest BCUT2D eigenvalue weighted by molar-refractivity contribution is 0.332. The highest BCUT2D eigenvalue weighted by atomic mass is 15.2. The van der Waals surface area contributed by atoms with Crippen molar-refractivity contribution in [1.82, 2.24) is 0 Å². The van der Waals surface area contributed by atoms with Crippen molar-refractivity contribution in [2.45, 2.75) is 64.7 Å². The predicted molar refractivity (Wildman–Crippen MR) is 283 cm³/mol. The third kappa shape index (κ3) is 7.69. The van der Waals surface area contributed by atoms with Gasteiger partial charge in [-0.1, -0.05) is 221 Å². The number of hydrogen-bond donors (Lipinski definition) is 0. The van der Waals surface area contributed by atoms with Crippen molar-refractivity contribution in [2.24, 2.45) is 0 Å². The highest BCUT2D eigenvalue weighted by molar-refractivity contribution is 6.73. The molecular formula is C64H55BN. The molecule has 0 amide bonds. The van der Waals surface area contributed by atoms with Gasteiger partial charge in [-0.15, -0.1) is 0 Å². The molecular weight excluding hydrogens is 794 g/mol. The number of benzene rings is 9. The third-order valence-electron chi connectivity index (χ3n) is 14.5. The summed E-state index contributed by atoms with van der Waals surface area (Å²) in [6.07, 6.45) is 3.13. The lowest BCUT2D eigenvalue weighted by atomic mass is 9.57. The topological polar surface area (TPSA) is 3.24 Å². The number of rotatable bonds is 8. The van der Waals surface area contributed by atoms with Crippen LogP contribution in [0.25, 0.3) is 55.6 Å². The minimum absolute atomic E-state index is 0.0578. The maximum atomic E-state index is 2.60. The summed E-state index contributed by atoms with van der Waals surface area (Å²) in [4.78, 5) is 2.60. The highest BCUT2D eigenvalue weighted by Crippen LogP contribution is 2.50. The van der Waals surface area contributed by atoms with Gasteiger partial charge < -0.3 is 4.90 Å². The Morgan fingerprint density at radius 2 is 0.924 bits per heavy atom. The third-order valence-corrected chi connectivity index (χ3v) is 14.5. The summed E-state index contributed by atoms with van der Waals surface area (Å²) < 4.78 is 0. The van der Waals surface area contributed by atoms with Gasteiger partial charge in [-0.2, -0.15) is 0 Å². The van der Waals surface area contributed by atoms with Gasteiger partial charge in [0.15, 0.2) is 7.28 Å². The van der Waals surface area contributed by atoms with Crippen molar-refractivity contribution in [3.63, 3.8) is 0 Å². The molecule has 1 heterocycles. The zero-order chi connectivity index (χ0) is 45.0. The quantitative estimate of drug-likeness (QED) is 0.138. The second kappa shape index (κ2) is 16.7. The average molecular weight is 849 g/mol. The fourth-order valence-corrected chi connectivity index (χ4v) is 10.7. The van der Waals surface area contributed by atoms with Gasteiger partial charge in [0.1, 0.15) is 0 Å². The largest absolute Gasteiger partial charge is 0.311 e. The normalized spacial score (nSPS) is 14.4. The van der Waals surface area contributed by atoms with Crippen LogP contribution in [0.1, 0.15) is 68.4 Å². The molecule has 0 saturated heterocycles. The maximum absolute atomic E-state index is 2.60. The van der Waals surface area contributed by atoms with Crippen molar-refractivity contribution < 1.29 is 0 Å². The molecule has 2 aliphatic rings. The molecule has 0 saturated carbocycles. The van der Waals surface area contributed by atoms with E-state index in [0.29, 0.717) is 0 Å². The van der Waals surface area contributed by atoms with Gasteiger partial charge in [0.25, 0.3) is 0 Å². The Hall–Kier alpha value is -7.16. The van der Waals surface area contributed by atoms with Gasteiger partial charge in [0.05, 0.1) is 0 Å². The van der Waals surface area contributed by atoms with E-state index in [2.05, 4.69) is 253 Å². The molecule has 319 valence electrons. The summed E-state index contributed by atoms with van der Waals surface area (Å²) in [5.41, 5.74) is 25.3. The first-order chi connectivity index (χ1) is 32.1. The molecule has 9 aromatic carbocycles. The first-order valence-corrected chi connectivity index (χ1v) is 23.7. The van der Waals surface area contributed by atoms with Crippen LogP contribution < -0.4 is 15.8 Å². The van der Waals surface area contributed by atoms with Crippen LogP contribution in [0.3, 0.4) is 0 Å². The summed E-state index contributed by atoms with van der Waals surface area (Å²) in [5, 5.41) is 0. The number of anilines is 3. The summed E-state index contributed by atoms with van der Waals surface area (Å²) in [6, 6.07) is 76.7. The number of nitrogens with zero attached hydrogens (tertiary/aromatic N) is 1. The molecule has 0 fully saturated rings. The van der Waals surface area contributed by atoms with E-state index >= 15 is 0 Å². The predicted octanol–water partition coefficient (Wildman–Crippen LogP) is 15.7. The van der Waals surface area contributed by atoms with Gasteiger partial charge >= 0.3 is 0 Å². The van der Waals surface area contributed by atoms with Gasteiger partial charge in [0.2, 0.25) is 0 Å². The zero-order valence-electron chi connectivity index (χ0n) is 38.8. The van der Waals surface area contributed by atoms with E-state index in [1.807, 2.05) is 0 Å². The average Bonchev–Trinajstić information content (AvgIpc) is 3.35. The Morgan fingerprint density at radius 1 is 0.409 bits per heavy atom. The number of fused-ring (bicyclic) bond motifs is 3. The van der Waals surface area contributed by atoms with Crippen molar-refractivity contribution >= 4 is 35.3 Å². The van der Waals surface area contributed by atoms with Gasteiger partial charge in [0, 0.05) is 17.1 Å². The fourth-order valence-electron chi connectivity index (χ4n) is 10.7. The zero-order valence-corrected chi connectivity index (χ0v) is 38.8. The standard InChI is InChI=1S/C64H55BN/c1-43-35-56-57(64(4,5)34-33-63(56,2)3)42-60(43)66-59-32-30-51(47-24-14-8-15-25-47)40-58(59)65-62-55(39-52(41-61(62)66)48-26-16-9-17-27-48)54-31-29-50(46-22-12-7-13-23-46)38-53(54)37-44-19-18-28-49(36-44)45-20-10-6-11-21-45/h6-32,35-36,38-42H,33-34,37H2,1-5H3. The van der Waals surface area contributed by atoms with Crippen LogP contribution in [0.2, 0.25) is 0 Å². The highest BCUT2D eigenvalue weighted by Gasteiger charge is 2.39. The van der Waals surface area contributed by atoms with E-state index in [1.54, 1.807) is 0 Å². The molecule has 1 radical (unpaired) electrons.